The molecule has 0 saturated heterocycles. The van der Waals surface area contributed by atoms with E-state index in [1.165, 1.54) is 31.4 Å². The predicted octanol–water partition coefficient (Wildman–Crippen LogP) is 4.30. The van der Waals surface area contributed by atoms with Crippen LogP contribution < -0.4 is 10.1 Å². The van der Waals surface area contributed by atoms with Gasteiger partial charge in [-0.2, -0.15) is 0 Å². The van der Waals surface area contributed by atoms with Crippen molar-refractivity contribution in [2.45, 2.75) is 51.4 Å². The van der Waals surface area contributed by atoms with E-state index in [4.69, 9.17) is 0 Å². The van der Waals surface area contributed by atoms with E-state index in [-0.39, 0.29) is 5.75 Å². The van der Waals surface area contributed by atoms with Gasteiger partial charge in [0.1, 0.15) is 5.75 Å². The molecule has 2 rings (SSSR count). The van der Waals surface area contributed by atoms with Gasteiger partial charge >= 0.3 is 6.36 Å². The predicted molar refractivity (Wildman–Crippen MR) is 76.3 cm³/mol. The van der Waals surface area contributed by atoms with Crippen LogP contribution in [0.4, 0.5) is 13.2 Å². The molecule has 0 bridgehead atoms. The van der Waals surface area contributed by atoms with Gasteiger partial charge in [-0.25, -0.2) is 0 Å². The van der Waals surface area contributed by atoms with Crippen LogP contribution in [-0.4, -0.2) is 18.9 Å². The summed E-state index contributed by atoms with van der Waals surface area (Å²) >= 11 is 0. The van der Waals surface area contributed by atoms with E-state index in [1.807, 2.05) is 0 Å². The Morgan fingerprint density at radius 3 is 2.52 bits per heavy atom. The average molecular weight is 301 g/mol. The van der Waals surface area contributed by atoms with Crippen molar-refractivity contribution in [1.82, 2.24) is 5.32 Å². The minimum absolute atomic E-state index is 0.154. The highest BCUT2D eigenvalue weighted by molar-refractivity contribution is 5.28. The van der Waals surface area contributed by atoms with Crippen LogP contribution >= 0.6 is 0 Å². The van der Waals surface area contributed by atoms with Crippen molar-refractivity contribution >= 4 is 0 Å². The molecule has 1 N–H and O–H groups in total. The molecule has 1 aromatic carbocycles. The lowest BCUT2D eigenvalue weighted by atomic mass is 9.94. The lowest BCUT2D eigenvalue weighted by molar-refractivity contribution is -0.274. The summed E-state index contributed by atoms with van der Waals surface area (Å²) in [4.78, 5) is 0. The number of benzene rings is 1. The van der Waals surface area contributed by atoms with Crippen LogP contribution in [-0.2, 0) is 6.42 Å². The lowest BCUT2D eigenvalue weighted by Crippen LogP contribution is -2.33. The molecule has 0 aliphatic heterocycles. The van der Waals surface area contributed by atoms with Crippen LogP contribution in [0, 0.1) is 5.92 Å². The van der Waals surface area contributed by atoms with Gasteiger partial charge in [0.05, 0.1) is 0 Å². The molecule has 1 saturated carbocycles. The van der Waals surface area contributed by atoms with E-state index < -0.39 is 6.36 Å². The maximum absolute atomic E-state index is 12.1. The van der Waals surface area contributed by atoms with Crippen molar-refractivity contribution in [1.29, 1.82) is 0 Å². The molecule has 0 radical (unpaired) electrons. The number of halogens is 3. The van der Waals surface area contributed by atoms with Gasteiger partial charge in [-0.1, -0.05) is 25.5 Å². The molecular weight excluding hydrogens is 279 g/mol. The van der Waals surface area contributed by atoms with Gasteiger partial charge in [-0.3, -0.25) is 0 Å². The first-order chi connectivity index (χ1) is 9.98. The van der Waals surface area contributed by atoms with Gasteiger partial charge in [0.25, 0.3) is 0 Å². The zero-order chi connectivity index (χ0) is 15.3. The largest absolute Gasteiger partial charge is 0.573 e. The fourth-order valence-electron chi connectivity index (χ4n) is 3.01. The van der Waals surface area contributed by atoms with E-state index in [0.29, 0.717) is 12.0 Å². The second kappa shape index (κ2) is 7.16. The average Bonchev–Trinajstić information content (AvgIpc) is 2.84. The molecule has 0 aromatic heterocycles. The van der Waals surface area contributed by atoms with Crippen molar-refractivity contribution in [2.75, 3.05) is 6.54 Å². The molecule has 2 unspecified atom stereocenters. The summed E-state index contributed by atoms with van der Waals surface area (Å²) in [5, 5.41) is 3.57. The maximum atomic E-state index is 12.1. The third-order valence-corrected chi connectivity index (χ3v) is 3.97. The number of rotatable bonds is 6. The van der Waals surface area contributed by atoms with Crippen LogP contribution in [0.3, 0.4) is 0 Å². The molecule has 1 aliphatic carbocycles. The zero-order valence-electron chi connectivity index (χ0n) is 12.2. The van der Waals surface area contributed by atoms with Crippen LogP contribution in [0.25, 0.3) is 0 Å². The van der Waals surface area contributed by atoms with Crippen LogP contribution in [0.2, 0.25) is 0 Å². The van der Waals surface area contributed by atoms with E-state index in [1.54, 1.807) is 12.1 Å². The van der Waals surface area contributed by atoms with Crippen LogP contribution in [0.1, 0.15) is 38.2 Å². The van der Waals surface area contributed by atoms with E-state index in [2.05, 4.69) is 17.0 Å². The van der Waals surface area contributed by atoms with Crippen molar-refractivity contribution in [2.24, 2.45) is 5.92 Å². The lowest BCUT2D eigenvalue weighted by Gasteiger charge is -2.21. The maximum Gasteiger partial charge on any atom is 0.573 e. The molecule has 2 atom stereocenters. The van der Waals surface area contributed by atoms with Gasteiger partial charge in [-0.05, 0) is 55.8 Å². The summed E-state index contributed by atoms with van der Waals surface area (Å²) < 4.78 is 40.2. The highest BCUT2D eigenvalue weighted by atomic mass is 19.4. The minimum Gasteiger partial charge on any atom is -0.406 e. The van der Waals surface area contributed by atoms with Crippen LogP contribution in [0.5, 0.6) is 5.75 Å². The van der Waals surface area contributed by atoms with E-state index >= 15 is 0 Å². The van der Waals surface area contributed by atoms with Crippen molar-refractivity contribution < 1.29 is 17.9 Å². The number of alkyl halides is 3. The number of hydrogen-bond acceptors (Lipinski definition) is 2. The van der Waals surface area contributed by atoms with Crippen molar-refractivity contribution in [3.05, 3.63) is 29.8 Å². The first-order valence-electron chi connectivity index (χ1n) is 7.56. The molecule has 118 valence electrons. The Kier molecular flexibility index (Phi) is 5.51. The first-order valence-corrected chi connectivity index (χ1v) is 7.56. The third-order valence-electron chi connectivity index (χ3n) is 3.97. The smallest absolute Gasteiger partial charge is 0.406 e. The Morgan fingerprint density at radius 2 is 1.90 bits per heavy atom. The summed E-state index contributed by atoms with van der Waals surface area (Å²) in [5.41, 5.74) is 1.07. The van der Waals surface area contributed by atoms with Crippen molar-refractivity contribution in [3.63, 3.8) is 0 Å². The van der Waals surface area contributed by atoms with Crippen LogP contribution in [0.15, 0.2) is 24.3 Å². The highest BCUT2D eigenvalue weighted by Crippen LogP contribution is 2.30. The molecule has 0 spiro atoms. The second-order valence-corrected chi connectivity index (χ2v) is 5.65. The molecule has 21 heavy (non-hydrogen) atoms. The molecule has 2 nitrogen and oxygen atoms in total. The van der Waals surface area contributed by atoms with Gasteiger partial charge in [0.2, 0.25) is 0 Å². The van der Waals surface area contributed by atoms with Gasteiger partial charge in [-0.15, -0.1) is 13.2 Å². The molecule has 0 amide bonds. The van der Waals surface area contributed by atoms with Crippen molar-refractivity contribution in [3.8, 4) is 5.75 Å². The molecule has 5 heteroatoms. The molecule has 1 aliphatic rings. The fraction of sp³-hybridized carbons (Fsp3) is 0.625. The Bertz CT molecular complexity index is 430. The Morgan fingerprint density at radius 1 is 1.19 bits per heavy atom. The SMILES string of the molecule is CCCNC1CCCC1Cc1ccc(OC(F)(F)F)cc1. The summed E-state index contributed by atoms with van der Waals surface area (Å²) in [6.07, 6.45) is 1.01. The summed E-state index contributed by atoms with van der Waals surface area (Å²) in [6, 6.07) is 6.79. The fourth-order valence-corrected chi connectivity index (χ4v) is 3.01. The standard InChI is InChI=1S/C16H22F3NO/c1-2-10-20-15-5-3-4-13(15)11-12-6-8-14(9-7-12)21-16(17,18)19/h6-9,13,15,20H,2-5,10-11H2,1H3. The normalized spacial score (nSPS) is 22.5. The first kappa shape index (κ1) is 16.1. The summed E-state index contributed by atoms with van der Waals surface area (Å²) in [7, 11) is 0. The number of ether oxygens (including phenoxy) is 1. The molecule has 0 heterocycles. The second-order valence-electron chi connectivity index (χ2n) is 5.65. The Hall–Kier alpha value is -1.23. The number of nitrogens with one attached hydrogen (secondary N) is 1. The van der Waals surface area contributed by atoms with Gasteiger partial charge < -0.3 is 10.1 Å². The quantitative estimate of drug-likeness (QED) is 0.846. The summed E-state index contributed by atoms with van der Waals surface area (Å²) in [5.74, 6) is 0.421. The molecule has 1 aromatic rings. The van der Waals surface area contributed by atoms with Gasteiger partial charge in [0, 0.05) is 6.04 Å². The monoisotopic (exact) mass is 301 g/mol. The van der Waals surface area contributed by atoms with E-state index in [0.717, 1.165) is 24.9 Å². The highest BCUT2D eigenvalue weighted by Gasteiger charge is 2.31. The topological polar surface area (TPSA) is 21.3 Å². The molecule has 1 fully saturated rings. The third kappa shape index (κ3) is 5.23. The number of hydrogen-bond donors (Lipinski definition) is 1. The zero-order valence-corrected chi connectivity index (χ0v) is 12.2. The minimum atomic E-state index is -4.62. The molecular formula is C16H22F3NO. The summed E-state index contributed by atoms with van der Waals surface area (Å²) in [6.45, 7) is 3.18. The Balaban J connectivity index is 1.90. The van der Waals surface area contributed by atoms with E-state index in [9.17, 15) is 13.2 Å². The van der Waals surface area contributed by atoms with Gasteiger partial charge in [0.15, 0.2) is 0 Å². The Labute approximate surface area is 123 Å².